The number of ether oxygens (including phenoxy) is 1. The second-order valence-electron chi connectivity index (χ2n) is 4.49. The van der Waals surface area contributed by atoms with Crippen molar-refractivity contribution in [2.45, 2.75) is 11.8 Å². The van der Waals surface area contributed by atoms with Crippen molar-refractivity contribution in [3.8, 4) is 5.75 Å². The van der Waals surface area contributed by atoms with Gasteiger partial charge in [0.05, 0.1) is 11.6 Å². The standard InChI is InChI=1S/C15H13ClFNO5S/c1-2-22-15(19)18-10-4-3-5-11(8-10)23-24(20,21)12-6-7-14(17)13(16)9-12/h3-9H,2H2,1H3,(H,18,19). The van der Waals surface area contributed by atoms with Crippen molar-refractivity contribution in [1.29, 1.82) is 0 Å². The summed E-state index contributed by atoms with van der Waals surface area (Å²) < 4.78 is 47.2. The van der Waals surface area contributed by atoms with Crippen LogP contribution in [0.3, 0.4) is 0 Å². The fourth-order valence-corrected chi connectivity index (χ4v) is 2.91. The quantitative estimate of drug-likeness (QED) is 0.806. The molecule has 0 aliphatic heterocycles. The minimum Gasteiger partial charge on any atom is -0.450 e. The van der Waals surface area contributed by atoms with E-state index in [4.69, 9.17) is 20.5 Å². The van der Waals surface area contributed by atoms with Crippen LogP contribution in [0.25, 0.3) is 0 Å². The maximum atomic E-state index is 13.1. The molecule has 2 aromatic rings. The van der Waals surface area contributed by atoms with Gasteiger partial charge in [-0.05, 0) is 37.3 Å². The van der Waals surface area contributed by atoms with Gasteiger partial charge in [-0.25, -0.2) is 9.18 Å². The molecule has 0 unspecified atom stereocenters. The summed E-state index contributed by atoms with van der Waals surface area (Å²) in [4.78, 5) is 11.1. The summed E-state index contributed by atoms with van der Waals surface area (Å²) in [6.07, 6.45) is -0.678. The van der Waals surface area contributed by atoms with Crippen molar-refractivity contribution in [3.63, 3.8) is 0 Å². The van der Waals surface area contributed by atoms with Crippen LogP contribution in [0.15, 0.2) is 47.4 Å². The Hall–Kier alpha value is -2.32. The molecule has 0 saturated carbocycles. The number of hydrogen-bond acceptors (Lipinski definition) is 5. The van der Waals surface area contributed by atoms with Crippen LogP contribution in [0.5, 0.6) is 5.75 Å². The van der Waals surface area contributed by atoms with Gasteiger partial charge in [-0.15, -0.1) is 0 Å². The zero-order chi connectivity index (χ0) is 17.7. The zero-order valence-corrected chi connectivity index (χ0v) is 14.0. The van der Waals surface area contributed by atoms with E-state index >= 15 is 0 Å². The first-order chi connectivity index (χ1) is 11.3. The average molecular weight is 374 g/mol. The molecule has 0 atom stereocenters. The number of hydrogen-bond donors (Lipinski definition) is 1. The van der Waals surface area contributed by atoms with E-state index in [1.807, 2.05) is 0 Å². The molecule has 0 saturated heterocycles. The summed E-state index contributed by atoms with van der Waals surface area (Å²) in [5, 5.41) is 2.08. The molecule has 2 rings (SSSR count). The molecule has 0 aliphatic carbocycles. The van der Waals surface area contributed by atoms with E-state index < -0.39 is 22.0 Å². The Balaban J connectivity index is 2.20. The van der Waals surface area contributed by atoms with Crippen LogP contribution in [0, 0.1) is 5.82 Å². The number of amides is 1. The molecule has 9 heteroatoms. The third-order valence-electron chi connectivity index (χ3n) is 2.74. The van der Waals surface area contributed by atoms with Gasteiger partial charge in [0, 0.05) is 11.8 Å². The van der Waals surface area contributed by atoms with E-state index in [9.17, 15) is 17.6 Å². The fourth-order valence-electron chi connectivity index (χ4n) is 1.72. The minimum absolute atomic E-state index is 0.0373. The number of benzene rings is 2. The smallest absolute Gasteiger partial charge is 0.411 e. The van der Waals surface area contributed by atoms with Crippen LogP contribution in [0.2, 0.25) is 5.02 Å². The second kappa shape index (κ2) is 7.50. The molecule has 0 bridgehead atoms. The third kappa shape index (κ3) is 4.59. The lowest BCUT2D eigenvalue weighted by Gasteiger charge is -2.09. The normalized spacial score (nSPS) is 11.0. The Morgan fingerprint density at radius 3 is 2.67 bits per heavy atom. The highest BCUT2D eigenvalue weighted by Gasteiger charge is 2.18. The van der Waals surface area contributed by atoms with E-state index in [1.54, 1.807) is 6.92 Å². The van der Waals surface area contributed by atoms with Gasteiger partial charge >= 0.3 is 16.2 Å². The summed E-state index contributed by atoms with van der Waals surface area (Å²) in [5.41, 5.74) is 0.290. The summed E-state index contributed by atoms with van der Waals surface area (Å²) in [7, 11) is -4.20. The van der Waals surface area contributed by atoms with Crippen LogP contribution in [-0.4, -0.2) is 21.1 Å². The van der Waals surface area contributed by atoms with Gasteiger partial charge in [0.25, 0.3) is 0 Å². The predicted molar refractivity (Wildman–Crippen MR) is 86.3 cm³/mol. The topological polar surface area (TPSA) is 81.7 Å². The maximum absolute atomic E-state index is 13.1. The molecule has 24 heavy (non-hydrogen) atoms. The van der Waals surface area contributed by atoms with Gasteiger partial charge in [0.1, 0.15) is 16.5 Å². The molecule has 6 nitrogen and oxygen atoms in total. The van der Waals surface area contributed by atoms with Crippen LogP contribution in [-0.2, 0) is 14.9 Å². The van der Waals surface area contributed by atoms with E-state index in [1.165, 1.54) is 24.3 Å². The first-order valence-corrected chi connectivity index (χ1v) is 8.54. The van der Waals surface area contributed by atoms with Crippen molar-refractivity contribution in [3.05, 3.63) is 53.3 Å². The van der Waals surface area contributed by atoms with Crippen LogP contribution in [0.4, 0.5) is 14.9 Å². The number of carbonyl (C=O) groups excluding carboxylic acids is 1. The number of nitrogens with one attached hydrogen (secondary N) is 1. The Morgan fingerprint density at radius 2 is 2.00 bits per heavy atom. The Morgan fingerprint density at radius 1 is 1.25 bits per heavy atom. The molecule has 0 spiro atoms. The lowest BCUT2D eigenvalue weighted by atomic mass is 10.3. The van der Waals surface area contributed by atoms with Gasteiger partial charge in [-0.2, -0.15) is 8.42 Å². The highest BCUT2D eigenvalue weighted by Crippen LogP contribution is 2.24. The Kier molecular flexibility index (Phi) is 5.63. The van der Waals surface area contributed by atoms with Crippen molar-refractivity contribution in [2.24, 2.45) is 0 Å². The lowest BCUT2D eigenvalue weighted by molar-refractivity contribution is 0.168. The first kappa shape index (κ1) is 18.0. The van der Waals surface area contributed by atoms with Crippen LogP contribution in [0.1, 0.15) is 6.92 Å². The van der Waals surface area contributed by atoms with Gasteiger partial charge in [-0.1, -0.05) is 17.7 Å². The number of carbonyl (C=O) groups is 1. The van der Waals surface area contributed by atoms with Gasteiger partial charge in [0.2, 0.25) is 0 Å². The third-order valence-corrected chi connectivity index (χ3v) is 4.27. The van der Waals surface area contributed by atoms with E-state index in [2.05, 4.69) is 5.32 Å². The van der Waals surface area contributed by atoms with Gasteiger partial charge < -0.3 is 8.92 Å². The number of rotatable bonds is 5. The number of halogens is 2. The zero-order valence-electron chi connectivity index (χ0n) is 12.5. The lowest BCUT2D eigenvalue weighted by Crippen LogP contribution is -2.14. The molecular weight excluding hydrogens is 361 g/mol. The molecule has 0 aliphatic rings. The fraction of sp³-hybridized carbons (Fsp3) is 0.133. The molecule has 1 amide bonds. The maximum Gasteiger partial charge on any atom is 0.411 e. The van der Waals surface area contributed by atoms with Crippen molar-refractivity contribution in [2.75, 3.05) is 11.9 Å². The Bertz CT molecular complexity index is 857. The highest BCUT2D eigenvalue weighted by molar-refractivity contribution is 7.87. The van der Waals surface area contributed by atoms with E-state index in [-0.39, 0.29) is 22.3 Å². The summed E-state index contributed by atoms with van der Waals surface area (Å²) >= 11 is 5.58. The first-order valence-electron chi connectivity index (χ1n) is 6.75. The summed E-state index contributed by atoms with van der Waals surface area (Å²) in [5.74, 6) is -0.777. The minimum atomic E-state index is -4.20. The Labute approximate surface area is 143 Å². The molecule has 1 N–H and O–H groups in total. The molecule has 0 fully saturated rings. The molecular formula is C15H13ClFNO5S. The van der Waals surface area contributed by atoms with E-state index in [0.29, 0.717) is 5.69 Å². The molecule has 2 aromatic carbocycles. The summed E-state index contributed by atoms with van der Waals surface area (Å²) in [6, 6.07) is 8.63. The second-order valence-corrected chi connectivity index (χ2v) is 6.44. The average Bonchev–Trinajstić information content (AvgIpc) is 2.50. The largest absolute Gasteiger partial charge is 0.450 e. The molecule has 0 radical (unpaired) electrons. The van der Waals surface area contributed by atoms with Gasteiger partial charge in [-0.3, -0.25) is 5.32 Å². The van der Waals surface area contributed by atoms with Crippen LogP contribution >= 0.6 is 11.6 Å². The van der Waals surface area contributed by atoms with Crippen molar-refractivity contribution >= 4 is 33.5 Å². The molecule has 128 valence electrons. The molecule has 0 aromatic heterocycles. The monoisotopic (exact) mass is 373 g/mol. The van der Waals surface area contributed by atoms with Crippen molar-refractivity contribution in [1.82, 2.24) is 0 Å². The van der Waals surface area contributed by atoms with Crippen LogP contribution < -0.4 is 9.50 Å². The predicted octanol–water partition coefficient (Wildman–Crippen LogP) is 3.82. The van der Waals surface area contributed by atoms with Gasteiger partial charge in [0.15, 0.2) is 0 Å². The van der Waals surface area contributed by atoms with E-state index in [0.717, 1.165) is 18.2 Å². The van der Waals surface area contributed by atoms with Crippen molar-refractivity contribution < 1.29 is 26.5 Å². The summed E-state index contributed by atoms with van der Waals surface area (Å²) in [6.45, 7) is 1.85. The molecule has 0 heterocycles. The highest BCUT2D eigenvalue weighted by atomic mass is 35.5. The number of anilines is 1. The SMILES string of the molecule is CCOC(=O)Nc1cccc(OS(=O)(=O)c2ccc(F)c(Cl)c2)c1.